The lowest BCUT2D eigenvalue weighted by atomic mass is 9.87. The molecule has 26 heavy (non-hydrogen) atoms. The van der Waals surface area contributed by atoms with Crippen LogP contribution >= 0.6 is 0 Å². The average Bonchev–Trinajstić information content (AvgIpc) is 2.92. The quantitative estimate of drug-likeness (QED) is 0.624. The number of fused-ring (bicyclic) bond motifs is 1. The lowest BCUT2D eigenvalue weighted by Gasteiger charge is -2.18. The second-order valence-corrected chi connectivity index (χ2v) is 7.69. The molecule has 7 heteroatoms. The molecule has 0 radical (unpaired) electrons. The van der Waals surface area contributed by atoms with Crippen LogP contribution < -0.4 is 4.57 Å². The van der Waals surface area contributed by atoms with E-state index in [2.05, 4.69) is 30.7 Å². The molecule has 4 nitrogen and oxygen atoms in total. The van der Waals surface area contributed by atoms with Crippen molar-refractivity contribution in [2.24, 2.45) is 0 Å². The van der Waals surface area contributed by atoms with Gasteiger partial charge in [-0.1, -0.05) is 32.9 Å². The summed E-state index contributed by atoms with van der Waals surface area (Å²) in [7, 11) is 0. The summed E-state index contributed by atoms with van der Waals surface area (Å²) in [5.74, 6) is -1.13. The summed E-state index contributed by atoms with van der Waals surface area (Å²) in [6.45, 7) is 10.2. The maximum atomic E-state index is 13.1. The van der Waals surface area contributed by atoms with Crippen LogP contribution in [0.5, 0.6) is 0 Å². The van der Waals surface area contributed by atoms with Gasteiger partial charge in [-0.2, -0.15) is 22.7 Å². The monoisotopic (exact) mass is 363 g/mol. The molecule has 0 aliphatic carbocycles. The normalized spacial score (nSPS) is 13.0. The first-order valence-electron chi connectivity index (χ1n) is 8.46. The van der Waals surface area contributed by atoms with E-state index in [0.29, 0.717) is 5.52 Å². The SMILES string of the molecule is CC(C)[n+]1cn(-c2cccc(C(C)(C)C)c2)c2nc(C(F)(F)F)ncc21. The molecule has 0 unspecified atom stereocenters. The molecule has 3 aromatic rings. The summed E-state index contributed by atoms with van der Waals surface area (Å²) >= 11 is 0. The number of aromatic nitrogens is 4. The molecule has 0 amide bonds. The number of benzene rings is 1. The molecule has 2 heterocycles. The van der Waals surface area contributed by atoms with Crippen LogP contribution in [0.1, 0.15) is 52.0 Å². The molecule has 0 fully saturated rings. The fraction of sp³-hybridized carbons (Fsp3) is 0.421. The summed E-state index contributed by atoms with van der Waals surface area (Å²) in [5, 5.41) is 0. The highest BCUT2D eigenvalue weighted by atomic mass is 19.4. The van der Waals surface area contributed by atoms with Gasteiger partial charge in [0.25, 0.3) is 12.0 Å². The Balaban J connectivity index is 2.28. The zero-order chi connectivity index (χ0) is 19.3. The predicted octanol–water partition coefficient (Wildman–Crippen LogP) is 4.61. The van der Waals surface area contributed by atoms with Gasteiger partial charge in [-0.25, -0.2) is 9.55 Å². The molecular formula is C19H22F3N4+. The van der Waals surface area contributed by atoms with E-state index in [0.717, 1.165) is 11.3 Å². The first-order chi connectivity index (χ1) is 12.0. The van der Waals surface area contributed by atoms with Crippen molar-refractivity contribution in [2.45, 2.75) is 52.3 Å². The Labute approximate surface area is 150 Å². The molecule has 0 aliphatic rings. The smallest absolute Gasteiger partial charge is 0.228 e. The first kappa shape index (κ1) is 18.4. The lowest BCUT2D eigenvalue weighted by Crippen LogP contribution is -2.34. The Hall–Kier alpha value is -2.44. The minimum atomic E-state index is -4.58. The molecule has 0 atom stereocenters. The molecule has 138 valence electrons. The van der Waals surface area contributed by atoms with Crippen molar-refractivity contribution in [3.8, 4) is 5.69 Å². The van der Waals surface area contributed by atoms with Gasteiger partial charge in [0.1, 0.15) is 5.69 Å². The Morgan fingerprint density at radius 1 is 1.12 bits per heavy atom. The highest BCUT2D eigenvalue weighted by Gasteiger charge is 2.36. The summed E-state index contributed by atoms with van der Waals surface area (Å²) < 4.78 is 42.9. The average molecular weight is 363 g/mol. The zero-order valence-electron chi connectivity index (χ0n) is 15.5. The van der Waals surface area contributed by atoms with E-state index in [1.54, 1.807) is 10.9 Å². The third kappa shape index (κ3) is 3.30. The minimum absolute atomic E-state index is 0.0601. The van der Waals surface area contributed by atoms with Gasteiger partial charge in [0, 0.05) is 0 Å². The Kier molecular flexibility index (Phi) is 4.29. The van der Waals surface area contributed by atoms with Gasteiger partial charge < -0.3 is 0 Å². The minimum Gasteiger partial charge on any atom is -0.228 e. The molecule has 0 spiro atoms. The largest absolute Gasteiger partial charge is 0.451 e. The van der Waals surface area contributed by atoms with Crippen molar-refractivity contribution >= 4 is 11.2 Å². The molecule has 2 aromatic heterocycles. The van der Waals surface area contributed by atoms with Crippen LogP contribution in [0.3, 0.4) is 0 Å². The van der Waals surface area contributed by atoms with E-state index in [9.17, 15) is 13.2 Å². The van der Waals surface area contributed by atoms with Crippen molar-refractivity contribution in [2.75, 3.05) is 0 Å². The van der Waals surface area contributed by atoms with Crippen LogP contribution in [0, 0.1) is 0 Å². The Morgan fingerprint density at radius 3 is 2.38 bits per heavy atom. The van der Waals surface area contributed by atoms with Crippen LogP contribution in [0.15, 0.2) is 36.8 Å². The van der Waals surface area contributed by atoms with E-state index in [1.807, 2.05) is 42.7 Å². The van der Waals surface area contributed by atoms with E-state index >= 15 is 0 Å². The molecule has 0 saturated carbocycles. The Bertz CT molecular complexity index is 950. The second kappa shape index (κ2) is 6.07. The van der Waals surface area contributed by atoms with Gasteiger partial charge in [0.2, 0.25) is 11.3 Å². The number of halogens is 3. The van der Waals surface area contributed by atoms with Crippen molar-refractivity contribution in [3.63, 3.8) is 0 Å². The van der Waals surface area contributed by atoms with Crippen LogP contribution in [0.2, 0.25) is 0 Å². The van der Waals surface area contributed by atoms with Gasteiger partial charge >= 0.3 is 6.18 Å². The van der Waals surface area contributed by atoms with Gasteiger partial charge in [-0.05, 0) is 37.0 Å². The van der Waals surface area contributed by atoms with Crippen LogP contribution in [-0.4, -0.2) is 14.5 Å². The lowest BCUT2D eigenvalue weighted by molar-refractivity contribution is -0.691. The maximum Gasteiger partial charge on any atom is 0.451 e. The molecule has 0 saturated heterocycles. The topological polar surface area (TPSA) is 34.6 Å². The van der Waals surface area contributed by atoms with Gasteiger partial charge in [-0.15, -0.1) is 0 Å². The predicted molar refractivity (Wildman–Crippen MR) is 93.1 cm³/mol. The maximum absolute atomic E-state index is 13.1. The number of hydrogen-bond donors (Lipinski definition) is 0. The molecule has 0 N–H and O–H groups in total. The molecule has 0 aliphatic heterocycles. The van der Waals surface area contributed by atoms with E-state index in [-0.39, 0.29) is 17.1 Å². The highest BCUT2D eigenvalue weighted by molar-refractivity contribution is 5.68. The number of alkyl halides is 3. The van der Waals surface area contributed by atoms with Crippen LogP contribution in [0.25, 0.3) is 16.9 Å². The zero-order valence-corrected chi connectivity index (χ0v) is 15.5. The van der Waals surface area contributed by atoms with Crippen molar-refractivity contribution in [1.29, 1.82) is 0 Å². The summed E-state index contributed by atoms with van der Waals surface area (Å²) in [5.41, 5.74) is 2.60. The number of nitrogens with zero attached hydrogens (tertiary/aromatic N) is 4. The number of rotatable bonds is 2. The van der Waals surface area contributed by atoms with Crippen molar-refractivity contribution in [1.82, 2.24) is 14.5 Å². The van der Waals surface area contributed by atoms with E-state index in [4.69, 9.17) is 0 Å². The van der Waals surface area contributed by atoms with Gasteiger partial charge in [0.05, 0.1) is 12.2 Å². The van der Waals surface area contributed by atoms with Gasteiger partial charge in [0.15, 0.2) is 0 Å². The summed E-state index contributed by atoms with van der Waals surface area (Å²) in [6.07, 6.45) is -1.56. The molecular weight excluding hydrogens is 341 g/mol. The third-order valence-corrected chi connectivity index (χ3v) is 4.30. The molecule has 1 aromatic carbocycles. The molecule has 0 bridgehead atoms. The van der Waals surface area contributed by atoms with E-state index < -0.39 is 12.0 Å². The summed E-state index contributed by atoms with van der Waals surface area (Å²) in [4.78, 5) is 7.34. The van der Waals surface area contributed by atoms with Crippen molar-refractivity contribution in [3.05, 3.63) is 48.2 Å². The third-order valence-electron chi connectivity index (χ3n) is 4.30. The first-order valence-corrected chi connectivity index (χ1v) is 8.46. The standard InChI is InChI=1S/C19H22F3N4/c1-12(2)25-11-26(14-8-6-7-13(9-14)18(3,4)5)16-15(25)10-23-17(24-16)19(20,21)22/h6-12H,1-5H3/q+1. The summed E-state index contributed by atoms with van der Waals surface area (Å²) in [6, 6.07) is 7.84. The fourth-order valence-electron chi connectivity index (χ4n) is 2.83. The van der Waals surface area contributed by atoms with E-state index in [1.165, 1.54) is 6.20 Å². The number of hydrogen-bond acceptors (Lipinski definition) is 2. The highest BCUT2D eigenvalue weighted by Crippen LogP contribution is 2.28. The van der Waals surface area contributed by atoms with Crippen LogP contribution in [0.4, 0.5) is 13.2 Å². The van der Waals surface area contributed by atoms with Gasteiger partial charge in [-0.3, -0.25) is 0 Å². The molecule has 3 rings (SSSR count). The fourth-order valence-corrected chi connectivity index (χ4v) is 2.83. The van der Waals surface area contributed by atoms with Crippen molar-refractivity contribution < 1.29 is 17.7 Å². The second-order valence-electron chi connectivity index (χ2n) is 7.69. The number of imidazole rings is 1. The Morgan fingerprint density at radius 2 is 1.81 bits per heavy atom. The van der Waals surface area contributed by atoms with Crippen LogP contribution in [-0.2, 0) is 11.6 Å².